The van der Waals surface area contributed by atoms with E-state index in [-0.39, 0.29) is 19.1 Å². The first-order valence-corrected chi connectivity index (χ1v) is 8.56. The fraction of sp³-hybridized carbons (Fsp3) is 0.294. The molecule has 0 aliphatic rings. The van der Waals surface area contributed by atoms with Crippen molar-refractivity contribution >= 4 is 28.1 Å². The molecular weight excluding hydrogens is 326 g/mol. The highest BCUT2D eigenvalue weighted by Gasteiger charge is 2.14. The second-order valence-corrected chi connectivity index (χ2v) is 6.14. The molecule has 7 heteroatoms. The normalized spacial score (nSPS) is 11.1. The molecule has 2 heterocycles. The zero-order valence-electron chi connectivity index (χ0n) is 13.4. The molecule has 2 aromatic heterocycles. The summed E-state index contributed by atoms with van der Waals surface area (Å²) in [6.07, 6.45) is 0. The Morgan fingerprint density at radius 2 is 2.21 bits per heavy atom. The third-order valence-corrected chi connectivity index (χ3v) is 4.54. The highest BCUT2D eigenvalue weighted by Crippen LogP contribution is 2.29. The molecule has 24 heavy (non-hydrogen) atoms. The predicted molar refractivity (Wildman–Crippen MR) is 94.3 cm³/mol. The summed E-state index contributed by atoms with van der Waals surface area (Å²) < 4.78 is 7.19. The number of fused-ring (bicyclic) bond motifs is 1. The zero-order chi connectivity index (χ0) is 16.9. The highest BCUT2D eigenvalue weighted by molar-refractivity contribution is 7.13. The number of hydrogen-bond acceptors (Lipinski definition) is 5. The van der Waals surface area contributed by atoms with Crippen molar-refractivity contribution in [2.45, 2.75) is 0 Å². The minimum absolute atomic E-state index is 0.0194. The average molecular weight is 345 g/mol. The molecule has 0 saturated heterocycles. The molecule has 0 aliphatic carbocycles. The number of hydrogen-bond donors (Lipinski definition) is 2. The molecule has 0 saturated carbocycles. The first-order valence-electron chi connectivity index (χ1n) is 7.68. The lowest BCUT2D eigenvalue weighted by atomic mass is 10.2. The number of carbonyl (C=O) groups excluding carboxylic acids is 1. The van der Waals surface area contributed by atoms with Crippen LogP contribution in [0.1, 0.15) is 10.5 Å². The molecule has 126 valence electrons. The summed E-state index contributed by atoms with van der Waals surface area (Å²) in [5, 5.41) is 15.1. The van der Waals surface area contributed by atoms with Gasteiger partial charge in [0.25, 0.3) is 5.91 Å². The quantitative estimate of drug-likeness (QED) is 0.643. The Morgan fingerprint density at radius 1 is 1.38 bits per heavy atom. The molecule has 1 amide bonds. The molecule has 6 nitrogen and oxygen atoms in total. The molecule has 0 radical (unpaired) electrons. The third-order valence-electron chi connectivity index (χ3n) is 3.68. The molecule has 3 aromatic rings. The number of amides is 1. The number of aromatic nitrogens is 2. The van der Waals surface area contributed by atoms with E-state index in [9.17, 15) is 4.79 Å². The van der Waals surface area contributed by atoms with Crippen LogP contribution in [-0.2, 0) is 11.8 Å². The number of nitrogens with zero attached hydrogens (tertiary/aromatic N) is 2. The van der Waals surface area contributed by atoms with Gasteiger partial charge in [0, 0.05) is 29.9 Å². The van der Waals surface area contributed by atoms with Crippen LogP contribution in [0, 0.1) is 0 Å². The Morgan fingerprint density at radius 3 is 3.00 bits per heavy atom. The third kappa shape index (κ3) is 3.48. The number of aliphatic hydroxyl groups excluding tert-OH is 1. The largest absolute Gasteiger partial charge is 0.394 e. The van der Waals surface area contributed by atoms with Gasteiger partial charge in [-0.25, -0.2) is 4.98 Å². The van der Waals surface area contributed by atoms with E-state index in [1.165, 1.54) is 11.3 Å². The molecule has 3 rings (SSSR count). The fourth-order valence-corrected chi connectivity index (χ4v) is 3.33. The number of aryl methyl sites for hydroxylation is 1. The molecule has 2 N–H and O–H groups in total. The van der Waals surface area contributed by atoms with Crippen LogP contribution in [0.2, 0.25) is 0 Å². The second-order valence-electron chi connectivity index (χ2n) is 5.28. The van der Waals surface area contributed by atoms with Gasteiger partial charge in [-0.2, -0.15) is 0 Å². The molecular formula is C17H19N3O3S. The van der Waals surface area contributed by atoms with Gasteiger partial charge >= 0.3 is 0 Å². The van der Waals surface area contributed by atoms with Gasteiger partial charge in [0.05, 0.1) is 25.5 Å². The lowest BCUT2D eigenvalue weighted by molar-refractivity contribution is 0.0835. The van der Waals surface area contributed by atoms with Crippen LogP contribution in [-0.4, -0.2) is 46.9 Å². The van der Waals surface area contributed by atoms with E-state index < -0.39 is 0 Å². The molecule has 0 atom stereocenters. The van der Waals surface area contributed by atoms with Crippen molar-refractivity contribution in [2.24, 2.45) is 7.05 Å². The number of para-hydroxylation sites is 1. The lowest BCUT2D eigenvalue weighted by Gasteiger charge is -2.03. The monoisotopic (exact) mass is 345 g/mol. The summed E-state index contributed by atoms with van der Waals surface area (Å²) in [7, 11) is 2.00. The predicted octanol–water partition coefficient (Wildman–Crippen LogP) is 2.04. The summed E-state index contributed by atoms with van der Waals surface area (Å²) in [5.41, 5.74) is 2.53. The number of carbonyl (C=O) groups is 1. The first kappa shape index (κ1) is 16.6. The van der Waals surface area contributed by atoms with Crippen molar-refractivity contribution < 1.29 is 14.6 Å². The van der Waals surface area contributed by atoms with Crippen molar-refractivity contribution in [3.05, 3.63) is 41.4 Å². The van der Waals surface area contributed by atoms with Crippen molar-refractivity contribution in [2.75, 3.05) is 26.4 Å². The lowest BCUT2D eigenvalue weighted by Crippen LogP contribution is -2.27. The van der Waals surface area contributed by atoms with Crippen LogP contribution < -0.4 is 5.32 Å². The summed E-state index contributed by atoms with van der Waals surface area (Å²) in [6.45, 7) is 1.01. The molecule has 0 bridgehead atoms. The SMILES string of the molecule is Cn1c(-c2nc(C(=O)NCCOCCO)cs2)cc2ccccc21. The summed E-state index contributed by atoms with van der Waals surface area (Å²) >= 11 is 1.45. The summed E-state index contributed by atoms with van der Waals surface area (Å²) in [4.78, 5) is 16.6. The van der Waals surface area contributed by atoms with Gasteiger partial charge in [-0.1, -0.05) is 18.2 Å². The van der Waals surface area contributed by atoms with Gasteiger partial charge in [-0.3, -0.25) is 4.79 Å². The van der Waals surface area contributed by atoms with E-state index >= 15 is 0 Å². The number of benzene rings is 1. The Balaban J connectivity index is 1.70. The van der Waals surface area contributed by atoms with Crippen LogP contribution in [0.5, 0.6) is 0 Å². The van der Waals surface area contributed by atoms with Gasteiger partial charge in [-0.15, -0.1) is 11.3 Å². The Labute approximate surface area is 143 Å². The molecule has 0 aliphatic heterocycles. The van der Waals surface area contributed by atoms with Crippen molar-refractivity contribution in [3.8, 4) is 10.7 Å². The number of thiazole rings is 1. The summed E-state index contributed by atoms with van der Waals surface area (Å²) in [5.74, 6) is -0.219. The van der Waals surface area contributed by atoms with E-state index in [1.807, 2.05) is 19.2 Å². The van der Waals surface area contributed by atoms with Crippen LogP contribution >= 0.6 is 11.3 Å². The Bertz CT molecular complexity index is 841. The number of nitrogens with one attached hydrogen (secondary N) is 1. The van der Waals surface area contributed by atoms with Gasteiger partial charge in [-0.05, 0) is 12.1 Å². The maximum absolute atomic E-state index is 12.1. The van der Waals surface area contributed by atoms with Crippen LogP contribution in [0.25, 0.3) is 21.6 Å². The summed E-state index contributed by atoms with van der Waals surface area (Å²) in [6, 6.07) is 10.2. The number of aliphatic hydroxyl groups is 1. The van der Waals surface area contributed by atoms with E-state index in [1.54, 1.807) is 5.38 Å². The van der Waals surface area contributed by atoms with E-state index in [2.05, 4.69) is 33.1 Å². The first-order chi connectivity index (χ1) is 11.7. The molecule has 0 fully saturated rings. The van der Waals surface area contributed by atoms with E-state index in [0.717, 1.165) is 21.6 Å². The van der Waals surface area contributed by atoms with Crippen molar-refractivity contribution in [1.29, 1.82) is 0 Å². The van der Waals surface area contributed by atoms with Crippen molar-refractivity contribution in [1.82, 2.24) is 14.9 Å². The number of rotatable bonds is 7. The maximum atomic E-state index is 12.1. The van der Waals surface area contributed by atoms with E-state index in [0.29, 0.717) is 18.8 Å². The molecule has 0 unspecified atom stereocenters. The van der Waals surface area contributed by atoms with Crippen LogP contribution in [0.3, 0.4) is 0 Å². The van der Waals surface area contributed by atoms with Gasteiger partial charge in [0.15, 0.2) is 0 Å². The molecule has 1 aromatic carbocycles. The standard InChI is InChI=1S/C17H19N3O3S/c1-20-14-5-3-2-4-12(14)10-15(20)17-19-13(11-24-17)16(22)18-6-8-23-9-7-21/h2-5,10-11,21H,6-9H2,1H3,(H,18,22). The number of ether oxygens (including phenoxy) is 1. The maximum Gasteiger partial charge on any atom is 0.270 e. The second kappa shape index (κ2) is 7.57. The zero-order valence-corrected chi connectivity index (χ0v) is 14.2. The van der Waals surface area contributed by atoms with Gasteiger partial charge in [0.2, 0.25) is 0 Å². The van der Waals surface area contributed by atoms with Crippen LogP contribution in [0.4, 0.5) is 0 Å². The fourth-order valence-electron chi connectivity index (χ4n) is 2.48. The van der Waals surface area contributed by atoms with Gasteiger partial charge < -0.3 is 19.7 Å². The van der Waals surface area contributed by atoms with Gasteiger partial charge in [0.1, 0.15) is 10.7 Å². The average Bonchev–Trinajstić information content (AvgIpc) is 3.20. The minimum atomic E-state index is -0.219. The van der Waals surface area contributed by atoms with Crippen LogP contribution in [0.15, 0.2) is 35.7 Å². The van der Waals surface area contributed by atoms with Crippen molar-refractivity contribution in [3.63, 3.8) is 0 Å². The molecule has 0 spiro atoms. The van der Waals surface area contributed by atoms with E-state index in [4.69, 9.17) is 9.84 Å². The Kier molecular flexibility index (Phi) is 5.24. The topological polar surface area (TPSA) is 76.4 Å². The smallest absolute Gasteiger partial charge is 0.270 e. The Hall–Kier alpha value is -2.22. The minimum Gasteiger partial charge on any atom is -0.394 e. The highest BCUT2D eigenvalue weighted by atomic mass is 32.1.